The molecular weight excluding hydrogens is 320 g/mol. The molecule has 0 aliphatic carbocycles. The van der Waals surface area contributed by atoms with Crippen LogP contribution in [0.3, 0.4) is 0 Å². The third kappa shape index (κ3) is 4.79. The summed E-state index contributed by atoms with van der Waals surface area (Å²) in [6, 6.07) is 10.3. The molecule has 2 rings (SSSR count). The molecule has 0 spiro atoms. The maximum atomic E-state index is 12.4. The quantitative estimate of drug-likeness (QED) is 0.497. The number of pyridine rings is 1. The number of nitrogens with zero attached hydrogens (tertiary/aromatic N) is 1. The Hall–Kier alpha value is -2.89. The van der Waals surface area contributed by atoms with Gasteiger partial charge in [0.1, 0.15) is 0 Å². The van der Waals surface area contributed by atoms with E-state index in [-0.39, 0.29) is 5.56 Å². The second-order valence-corrected chi connectivity index (χ2v) is 5.88. The van der Waals surface area contributed by atoms with E-state index in [0.29, 0.717) is 10.6 Å². The highest BCUT2D eigenvalue weighted by molar-refractivity contribution is 5.97. The topological polar surface area (TPSA) is 82.3 Å². The van der Waals surface area contributed by atoms with Crippen LogP contribution >= 0.6 is 0 Å². The van der Waals surface area contributed by atoms with Gasteiger partial charge in [0.25, 0.3) is 5.91 Å². The number of ether oxygens (including phenoxy) is 1. The number of anilines is 1. The van der Waals surface area contributed by atoms with E-state index in [0.717, 1.165) is 17.7 Å². The van der Waals surface area contributed by atoms with Crippen LogP contribution in [0.5, 0.6) is 0 Å². The highest BCUT2D eigenvalue weighted by Gasteiger charge is 2.21. The lowest BCUT2D eigenvalue weighted by molar-refractivity contribution is -0.605. The molecule has 6 heteroatoms. The Morgan fingerprint density at radius 3 is 2.44 bits per heavy atom. The Bertz CT molecular complexity index is 743. The maximum Gasteiger partial charge on any atom is 0.339 e. The van der Waals surface area contributed by atoms with Gasteiger partial charge in [-0.1, -0.05) is 32.0 Å². The first-order valence-electron chi connectivity index (χ1n) is 8.22. The van der Waals surface area contributed by atoms with Gasteiger partial charge < -0.3 is 15.3 Å². The lowest BCUT2D eigenvalue weighted by Crippen LogP contribution is -2.31. The zero-order valence-corrected chi connectivity index (χ0v) is 14.6. The number of aromatic nitrogens is 1. The molecule has 1 aromatic heterocycles. The third-order valence-electron chi connectivity index (χ3n) is 4.05. The minimum Gasteiger partial charge on any atom is -0.619 e. The first-order valence-corrected chi connectivity index (χ1v) is 8.22. The van der Waals surface area contributed by atoms with Gasteiger partial charge in [-0.25, -0.2) is 4.79 Å². The van der Waals surface area contributed by atoms with Crippen molar-refractivity contribution in [1.82, 2.24) is 0 Å². The molecular formula is C19H22N2O4. The Labute approximate surface area is 147 Å². The van der Waals surface area contributed by atoms with E-state index < -0.39 is 18.0 Å². The minimum absolute atomic E-state index is 0.215. The molecule has 0 bridgehead atoms. The summed E-state index contributed by atoms with van der Waals surface area (Å²) in [4.78, 5) is 24.4. The first-order chi connectivity index (χ1) is 11.9. The average molecular weight is 342 g/mol. The van der Waals surface area contributed by atoms with Gasteiger partial charge in [-0.15, -0.1) is 0 Å². The van der Waals surface area contributed by atoms with Crippen molar-refractivity contribution in [2.45, 2.75) is 39.2 Å². The van der Waals surface area contributed by atoms with E-state index in [9.17, 15) is 14.8 Å². The van der Waals surface area contributed by atoms with Crippen molar-refractivity contribution in [3.63, 3.8) is 0 Å². The van der Waals surface area contributed by atoms with Crippen LogP contribution in [0.15, 0.2) is 48.8 Å². The van der Waals surface area contributed by atoms with Crippen LogP contribution < -0.4 is 10.0 Å². The number of hydrogen-bond donors (Lipinski definition) is 1. The molecule has 0 fully saturated rings. The second-order valence-electron chi connectivity index (χ2n) is 5.88. The summed E-state index contributed by atoms with van der Waals surface area (Å²) in [5.74, 6) is -0.755. The summed E-state index contributed by atoms with van der Waals surface area (Å²) < 4.78 is 5.74. The van der Waals surface area contributed by atoms with Crippen LogP contribution in [-0.2, 0) is 9.53 Å². The average Bonchev–Trinajstić information content (AvgIpc) is 2.61. The molecule has 132 valence electrons. The fourth-order valence-electron chi connectivity index (χ4n) is 2.33. The predicted octanol–water partition coefficient (Wildman–Crippen LogP) is 3.02. The lowest BCUT2D eigenvalue weighted by Gasteiger charge is -2.18. The molecule has 0 saturated heterocycles. The summed E-state index contributed by atoms with van der Waals surface area (Å²) in [6.45, 7) is 5.68. The molecule has 2 aromatic rings. The maximum absolute atomic E-state index is 12.4. The zero-order valence-electron chi connectivity index (χ0n) is 14.6. The Kier molecular flexibility index (Phi) is 6.11. The molecule has 0 unspecified atom stereocenters. The summed E-state index contributed by atoms with van der Waals surface area (Å²) in [5, 5.41) is 13.8. The number of amides is 1. The van der Waals surface area contributed by atoms with Gasteiger partial charge in [0, 0.05) is 17.8 Å². The van der Waals surface area contributed by atoms with Gasteiger partial charge in [-0.2, -0.15) is 4.73 Å². The molecule has 1 amide bonds. The Balaban J connectivity index is 2.03. The molecule has 6 nitrogen and oxygen atoms in total. The van der Waals surface area contributed by atoms with E-state index in [2.05, 4.69) is 19.2 Å². The van der Waals surface area contributed by atoms with Crippen molar-refractivity contribution in [3.05, 3.63) is 65.1 Å². The fraction of sp³-hybridized carbons (Fsp3) is 0.316. The largest absolute Gasteiger partial charge is 0.619 e. The summed E-state index contributed by atoms with van der Waals surface area (Å²) >= 11 is 0. The van der Waals surface area contributed by atoms with Crippen molar-refractivity contribution >= 4 is 17.6 Å². The molecule has 1 N–H and O–H groups in total. The third-order valence-corrected chi connectivity index (χ3v) is 4.05. The van der Waals surface area contributed by atoms with E-state index in [1.807, 2.05) is 24.3 Å². The van der Waals surface area contributed by atoms with Crippen LogP contribution in [0.4, 0.5) is 5.69 Å². The fourth-order valence-corrected chi connectivity index (χ4v) is 2.33. The molecule has 25 heavy (non-hydrogen) atoms. The number of rotatable bonds is 6. The Morgan fingerprint density at radius 1 is 1.16 bits per heavy atom. The van der Waals surface area contributed by atoms with Crippen molar-refractivity contribution < 1.29 is 19.1 Å². The standard InChI is InChI=1S/C19H22N2O4/c1-4-13(2)16-7-5-6-8-17(16)20-18(22)14(3)25-19(23)15-9-11-21(24)12-10-15/h5-14H,4H2,1-3H3,(H,20,22)/t13-,14+/m0/s1. The molecule has 2 atom stereocenters. The van der Waals surface area contributed by atoms with E-state index in [1.165, 1.54) is 31.5 Å². The summed E-state index contributed by atoms with van der Waals surface area (Å²) in [5.41, 5.74) is 1.98. The number of hydrogen-bond acceptors (Lipinski definition) is 4. The normalized spacial score (nSPS) is 12.9. The molecule has 1 heterocycles. The number of carbonyl (C=O) groups is 2. The van der Waals surface area contributed by atoms with Crippen molar-refractivity contribution in [1.29, 1.82) is 0 Å². The van der Waals surface area contributed by atoms with Crippen LogP contribution in [0.25, 0.3) is 0 Å². The van der Waals surface area contributed by atoms with Gasteiger partial charge in [0.15, 0.2) is 18.5 Å². The molecule has 0 radical (unpaired) electrons. The van der Waals surface area contributed by atoms with Crippen molar-refractivity contribution in [3.8, 4) is 0 Å². The predicted molar refractivity (Wildman–Crippen MR) is 94.1 cm³/mol. The smallest absolute Gasteiger partial charge is 0.339 e. The number of para-hydroxylation sites is 1. The van der Waals surface area contributed by atoms with Gasteiger partial charge in [-0.05, 0) is 30.9 Å². The van der Waals surface area contributed by atoms with Crippen molar-refractivity contribution in [2.75, 3.05) is 5.32 Å². The monoisotopic (exact) mass is 342 g/mol. The number of benzene rings is 1. The van der Waals surface area contributed by atoms with E-state index in [4.69, 9.17) is 4.74 Å². The van der Waals surface area contributed by atoms with E-state index in [1.54, 1.807) is 0 Å². The molecule has 0 aliphatic rings. The highest BCUT2D eigenvalue weighted by atomic mass is 16.5. The van der Waals surface area contributed by atoms with E-state index >= 15 is 0 Å². The summed E-state index contributed by atoms with van der Waals surface area (Å²) in [6.07, 6.45) is 2.38. The minimum atomic E-state index is -0.961. The molecule has 0 aliphatic heterocycles. The number of carbonyl (C=O) groups excluding carboxylic acids is 2. The zero-order chi connectivity index (χ0) is 18.4. The number of nitrogens with one attached hydrogen (secondary N) is 1. The second kappa shape index (κ2) is 8.28. The van der Waals surface area contributed by atoms with Gasteiger partial charge in [-0.3, -0.25) is 4.79 Å². The summed E-state index contributed by atoms with van der Waals surface area (Å²) in [7, 11) is 0. The molecule has 0 saturated carbocycles. The van der Waals surface area contributed by atoms with Crippen LogP contribution in [0.1, 0.15) is 49.0 Å². The molecule has 1 aromatic carbocycles. The SMILES string of the molecule is CC[C@H](C)c1ccccc1NC(=O)[C@@H](C)OC(=O)c1cc[n+]([O-])cc1. The lowest BCUT2D eigenvalue weighted by atomic mass is 9.97. The Morgan fingerprint density at radius 2 is 1.80 bits per heavy atom. The van der Waals surface area contributed by atoms with Crippen LogP contribution in [0.2, 0.25) is 0 Å². The van der Waals surface area contributed by atoms with Crippen LogP contribution in [0, 0.1) is 5.21 Å². The highest BCUT2D eigenvalue weighted by Crippen LogP contribution is 2.26. The van der Waals surface area contributed by atoms with Gasteiger partial charge in [0.2, 0.25) is 0 Å². The van der Waals surface area contributed by atoms with Gasteiger partial charge in [0.05, 0.1) is 5.56 Å². The van der Waals surface area contributed by atoms with Gasteiger partial charge >= 0.3 is 5.97 Å². The van der Waals surface area contributed by atoms with Crippen molar-refractivity contribution in [2.24, 2.45) is 0 Å². The van der Waals surface area contributed by atoms with Crippen LogP contribution in [-0.4, -0.2) is 18.0 Å². The first kappa shape index (κ1) is 18.4. The number of esters is 1.